The minimum absolute atomic E-state index is 0.0776. The number of rotatable bonds is 6. The van der Waals surface area contributed by atoms with Crippen LogP contribution in [0.5, 0.6) is 0 Å². The molecule has 0 radical (unpaired) electrons. The van der Waals surface area contributed by atoms with Crippen molar-refractivity contribution in [3.8, 4) is 0 Å². The van der Waals surface area contributed by atoms with Gasteiger partial charge in [-0.2, -0.15) is 0 Å². The van der Waals surface area contributed by atoms with Crippen molar-refractivity contribution in [3.63, 3.8) is 0 Å². The van der Waals surface area contributed by atoms with Gasteiger partial charge in [0, 0.05) is 11.6 Å². The van der Waals surface area contributed by atoms with Gasteiger partial charge in [0.1, 0.15) is 13.1 Å². The molecule has 0 fully saturated rings. The van der Waals surface area contributed by atoms with E-state index in [1.54, 1.807) is 24.3 Å². The Labute approximate surface area is 119 Å². The first-order valence-electron chi connectivity index (χ1n) is 5.60. The van der Waals surface area contributed by atoms with Gasteiger partial charge in [-0.05, 0) is 11.6 Å². The molecule has 1 rings (SSSR count). The summed E-state index contributed by atoms with van der Waals surface area (Å²) in [6.45, 7) is -1.31. The summed E-state index contributed by atoms with van der Waals surface area (Å²) in [6.07, 6.45) is 0. The Hall–Kier alpha value is -2.28. The lowest BCUT2D eigenvalue weighted by Gasteiger charge is -2.19. The van der Waals surface area contributed by atoms with Crippen molar-refractivity contribution in [2.45, 2.75) is 6.54 Å². The smallest absolute Gasteiger partial charge is 0.323 e. The van der Waals surface area contributed by atoms with Crippen LogP contribution in [0.3, 0.4) is 0 Å². The average molecular weight is 301 g/mol. The number of carboxylic acids is 2. The standard InChI is InChI=1S/C12H13ClN2O5/c13-9-4-2-1-3-8(9)5-14-12(20)15(6-10(16)17)7-11(18)19/h1-4H,5-7H2,(H,14,20)(H,16,17)(H,18,19). The molecule has 1 aromatic rings. The van der Waals surface area contributed by atoms with E-state index in [1.807, 2.05) is 0 Å². The highest BCUT2D eigenvalue weighted by molar-refractivity contribution is 6.31. The largest absolute Gasteiger partial charge is 0.480 e. The fourth-order valence-electron chi connectivity index (χ4n) is 1.45. The van der Waals surface area contributed by atoms with Crippen LogP contribution in [0.2, 0.25) is 5.02 Å². The average Bonchev–Trinajstić information content (AvgIpc) is 2.35. The zero-order valence-corrected chi connectivity index (χ0v) is 11.1. The minimum atomic E-state index is -1.29. The van der Waals surface area contributed by atoms with Crippen LogP contribution in [0.4, 0.5) is 4.79 Å². The number of urea groups is 1. The molecule has 0 aromatic heterocycles. The summed E-state index contributed by atoms with van der Waals surface area (Å²) >= 11 is 5.90. The van der Waals surface area contributed by atoms with Crippen molar-refractivity contribution in [2.24, 2.45) is 0 Å². The van der Waals surface area contributed by atoms with Crippen LogP contribution in [0.25, 0.3) is 0 Å². The number of nitrogens with one attached hydrogen (secondary N) is 1. The molecule has 0 aliphatic rings. The van der Waals surface area contributed by atoms with E-state index in [0.717, 1.165) is 0 Å². The summed E-state index contributed by atoms with van der Waals surface area (Å²) in [5, 5.41) is 20.2. The van der Waals surface area contributed by atoms with Gasteiger partial charge < -0.3 is 20.4 Å². The zero-order valence-electron chi connectivity index (χ0n) is 10.4. The molecule has 0 atom stereocenters. The number of aliphatic carboxylic acids is 2. The Kier molecular flexibility index (Phi) is 5.79. The molecule has 0 heterocycles. The first kappa shape index (κ1) is 15.8. The molecule has 3 N–H and O–H groups in total. The van der Waals surface area contributed by atoms with E-state index in [1.165, 1.54) is 0 Å². The fraction of sp³-hybridized carbons (Fsp3) is 0.250. The Bertz CT molecular complexity index is 504. The van der Waals surface area contributed by atoms with E-state index in [4.69, 9.17) is 21.8 Å². The van der Waals surface area contributed by atoms with Gasteiger partial charge in [-0.3, -0.25) is 9.59 Å². The molecule has 0 saturated heterocycles. The van der Waals surface area contributed by atoms with Crippen molar-refractivity contribution >= 4 is 29.6 Å². The van der Waals surface area contributed by atoms with Crippen LogP contribution >= 0.6 is 11.6 Å². The Morgan fingerprint density at radius 1 is 1.10 bits per heavy atom. The molecule has 0 aliphatic heterocycles. The summed E-state index contributed by atoms with van der Waals surface area (Å²) in [5.41, 5.74) is 0.646. The van der Waals surface area contributed by atoms with Crippen LogP contribution < -0.4 is 5.32 Å². The van der Waals surface area contributed by atoms with E-state index in [9.17, 15) is 14.4 Å². The molecular weight excluding hydrogens is 288 g/mol. The lowest BCUT2D eigenvalue weighted by molar-refractivity contribution is -0.140. The van der Waals surface area contributed by atoms with E-state index in [2.05, 4.69) is 5.32 Å². The maximum Gasteiger partial charge on any atom is 0.323 e. The Morgan fingerprint density at radius 2 is 1.65 bits per heavy atom. The van der Waals surface area contributed by atoms with Gasteiger partial charge in [0.05, 0.1) is 0 Å². The number of benzene rings is 1. The van der Waals surface area contributed by atoms with Gasteiger partial charge in [0.15, 0.2) is 0 Å². The molecule has 108 valence electrons. The summed E-state index contributed by atoms with van der Waals surface area (Å²) in [7, 11) is 0. The van der Waals surface area contributed by atoms with Crippen molar-refractivity contribution in [2.75, 3.05) is 13.1 Å². The van der Waals surface area contributed by atoms with Crippen LogP contribution in [-0.4, -0.2) is 46.2 Å². The predicted molar refractivity (Wildman–Crippen MR) is 70.5 cm³/mol. The van der Waals surface area contributed by atoms with Crippen molar-refractivity contribution in [1.82, 2.24) is 10.2 Å². The topological polar surface area (TPSA) is 107 Å². The third-order valence-corrected chi connectivity index (χ3v) is 2.70. The fourth-order valence-corrected chi connectivity index (χ4v) is 1.65. The quantitative estimate of drug-likeness (QED) is 0.727. The van der Waals surface area contributed by atoms with E-state index in [-0.39, 0.29) is 6.54 Å². The van der Waals surface area contributed by atoms with E-state index in [0.29, 0.717) is 15.5 Å². The third-order valence-electron chi connectivity index (χ3n) is 2.33. The Morgan fingerprint density at radius 3 is 2.15 bits per heavy atom. The van der Waals surface area contributed by atoms with Gasteiger partial charge in [-0.1, -0.05) is 29.8 Å². The maximum absolute atomic E-state index is 11.7. The normalized spacial score (nSPS) is 9.85. The molecule has 0 saturated carbocycles. The number of halogens is 1. The molecule has 0 bridgehead atoms. The molecular formula is C12H13ClN2O5. The second-order valence-corrected chi connectivity index (χ2v) is 4.30. The highest BCUT2D eigenvalue weighted by atomic mass is 35.5. The molecule has 2 amide bonds. The van der Waals surface area contributed by atoms with Crippen molar-refractivity contribution < 1.29 is 24.6 Å². The monoisotopic (exact) mass is 300 g/mol. The second kappa shape index (κ2) is 7.34. The molecule has 1 aromatic carbocycles. The summed E-state index contributed by atoms with van der Waals surface area (Å²) in [6, 6.07) is 6.03. The van der Waals surface area contributed by atoms with Crippen LogP contribution in [-0.2, 0) is 16.1 Å². The highest BCUT2D eigenvalue weighted by Gasteiger charge is 2.19. The number of carbonyl (C=O) groups is 3. The number of hydrogen-bond donors (Lipinski definition) is 3. The number of nitrogens with zero attached hydrogens (tertiary/aromatic N) is 1. The first-order valence-corrected chi connectivity index (χ1v) is 5.97. The number of carboxylic acid groups (broad SMARTS) is 2. The van der Waals surface area contributed by atoms with Gasteiger partial charge in [0.2, 0.25) is 0 Å². The SMILES string of the molecule is O=C(O)CN(CC(=O)O)C(=O)NCc1ccccc1Cl. The predicted octanol–water partition coefficient (Wildman–Crippen LogP) is 1.02. The third kappa shape index (κ3) is 5.15. The van der Waals surface area contributed by atoms with Crippen molar-refractivity contribution in [1.29, 1.82) is 0 Å². The Balaban J connectivity index is 2.64. The summed E-state index contributed by atoms with van der Waals surface area (Å²) < 4.78 is 0. The lowest BCUT2D eigenvalue weighted by Crippen LogP contribution is -2.45. The number of carbonyl (C=O) groups excluding carboxylic acids is 1. The summed E-state index contributed by atoms with van der Waals surface area (Å²) in [5.74, 6) is -2.58. The van der Waals surface area contributed by atoms with Gasteiger partial charge in [-0.25, -0.2) is 4.79 Å². The van der Waals surface area contributed by atoms with Crippen molar-refractivity contribution in [3.05, 3.63) is 34.9 Å². The van der Waals surface area contributed by atoms with Gasteiger partial charge in [0.25, 0.3) is 0 Å². The minimum Gasteiger partial charge on any atom is -0.480 e. The van der Waals surface area contributed by atoms with Crippen LogP contribution in [0.1, 0.15) is 5.56 Å². The zero-order chi connectivity index (χ0) is 15.1. The van der Waals surface area contributed by atoms with Gasteiger partial charge in [-0.15, -0.1) is 0 Å². The van der Waals surface area contributed by atoms with Crippen LogP contribution in [0, 0.1) is 0 Å². The van der Waals surface area contributed by atoms with Gasteiger partial charge >= 0.3 is 18.0 Å². The molecule has 0 unspecified atom stereocenters. The lowest BCUT2D eigenvalue weighted by atomic mass is 10.2. The van der Waals surface area contributed by atoms with E-state index >= 15 is 0 Å². The number of amides is 2. The highest BCUT2D eigenvalue weighted by Crippen LogP contribution is 2.14. The second-order valence-electron chi connectivity index (χ2n) is 3.89. The summed E-state index contributed by atoms with van der Waals surface area (Å²) in [4.78, 5) is 33.6. The first-order chi connectivity index (χ1) is 9.40. The maximum atomic E-state index is 11.7. The molecule has 20 heavy (non-hydrogen) atoms. The molecule has 0 spiro atoms. The molecule has 7 nitrogen and oxygen atoms in total. The van der Waals surface area contributed by atoms with Crippen LogP contribution in [0.15, 0.2) is 24.3 Å². The molecule has 8 heteroatoms. The van der Waals surface area contributed by atoms with E-state index < -0.39 is 31.1 Å². The molecule has 0 aliphatic carbocycles. The number of hydrogen-bond acceptors (Lipinski definition) is 3.